The average Bonchev–Trinajstić information content (AvgIpc) is 3.74. The number of fused-ring (bicyclic) bond motifs is 2. The van der Waals surface area contributed by atoms with Gasteiger partial charge in [-0.05, 0) is 19.9 Å². The summed E-state index contributed by atoms with van der Waals surface area (Å²) in [5.74, 6) is 2.82. The molecule has 2 heterocycles. The predicted octanol–water partition coefficient (Wildman–Crippen LogP) is 8.70. The summed E-state index contributed by atoms with van der Waals surface area (Å²) in [7, 11) is 0. The number of ether oxygens (including phenoxy) is 2. The van der Waals surface area contributed by atoms with Gasteiger partial charge in [-0.3, -0.25) is 0 Å². The topological polar surface area (TPSA) is 24.7 Å². The van der Waals surface area contributed by atoms with Gasteiger partial charge in [-0.15, -0.1) is 0 Å². The van der Waals surface area contributed by atoms with Gasteiger partial charge in [0.05, 0.1) is 0 Å². The number of benzene rings is 4. The van der Waals surface area contributed by atoms with Crippen LogP contribution in [0.3, 0.4) is 0 Å². The molecule has 4 aromatic rings. The van der Waals surface area contributed by atoms with E-state index < -0.39 is 0 Å². The first-order valence-corrected chi connectivity index (χ1v) is 21.9. The molecule has 5 heteroatoms. The molecular weight excluding hydrogens is 775 g/mol. The van der Waals surface area contributed by atoms with Crippen molar-refractivity contribution in [3.05, 3.63) is 162 Å². The van der Waals surface area contributed by atoms with Crippen molar-refractivity contribution in [1.29, 1.82) is 0 Å². The van der Waals surface area contributed by atoms with Crippen molar-refractivity contribution >= 4 is 17.1 Å². The van der Waals surface area contributed by atoms with Crippen molar-refractivity contribution in [2.45, 2.75) is 85.0 Å². The molecule has 0 saturated heterocycles. The van der Waals surface area contributed by atoms with Gasteiger partial charge < -0.3 is 0 Å². The van der Waals surface area contributed by atoms with Crippen LogP contribution in [0.1, 0.15) is 85.3 Å². The van der Waals surface area contributed by atoms with E-state index in [9.17, 15) is 0 Å². The normalized spacial score (nSPS) is 18.8. The van der Waals surface area contributed by atoms with Crippen LogP contribution in [0.4, 0.5) is 11.4 Å². The monoisotopic (exact) mass is 830 g/mol. The molecule has 0 amide bonds. The maximum atomic E-state index is 6.92. The standard InChI is InChI=1S/C49H55IN2O2/c1-8-11-34-53-39-28-24-37(25-29-39)50-38-26-30-40(31-27-38)54-47-35(22-32-45-48(4,5)41-16-12-14-18-43(41)51(45)9-2)20-21-36(47)23-33-46-49(6,7)42-17-13-15-19-44(42)52(46)10-3/h12-19,22-33H,8-11,20-21,34H2,1-7H3. The second kappa shape index (κ2) is 16.2. The van der Waals surface area contributed by atoms with Crippen molar-refractivity contribution in [1.82, 2.24) is 0 Å². The number of rotatable bonds is 13. The van der Waals surface area contributed by atoms with E-state index in [-0.39, 0.29) is 32.0 Å². The van der Waals surface area contributed by atoms with E-state index in [2.05, 4.69) is 179 Å². The van der Waals surface area contributed by atoms with Crippen LogP contribution in [0.5, 0.6) is 11.5 Å². The van der Waals surface area contributed by atoms with Crippen molar-refractivity contribution < 1.29 is 35.3 Å². The summed E-state index contributed by atoms with van der Waals surface area (Å²) in [5.41, 5.74) is 10.4. The van der Waals surface area contributed by atoms with Crippen LogP contribution in [-0.4, -0.2) is 30.0 Å². The Morgan fingerprint density at radius 2 is 1.39 bits per heavy atom. The maximum absolute atomic E-state index is 6.92. The summed E-state index contributed by atoms with van der Waals surface area (Å²) < 4.78 is 18.0. The zero-order chi connectivity index (χ0) is 37.9. The number of anilines is 1. The first-order valence-electron chi connectivity index (χ1n) is 19.8. The predicted molar refractivity (Wildman–Crippen MR) is 220 cm³/mol. The fraction of sp³-hybridized carbons (Fsp3) is 0.327. The Morgan fingerprint density at radius 3 is 2.07 bits per heavy atom. The number of hydrogen-bond donors (Lipinski definition) is 0. The van der Waals surface area contributed by atoms with E-state index >= 15 is 0 Å². The van der Waals surface area contributed by atoms with Crippen LogP contribution >= 0.6 is 0 Å². The number of para-hydroxylation sites is 2. The van der Waals surface area contributed by atoms with Crippen LogP contribution in [0, 0.1) is 7.14 Å². The molecule has 0 atom stereocenters. The van der Waals surface area contributed by atoms with Gasteiger partial charge in [0.25, 0.3) is 0 Å². The molecule has 0 N–H and O–H groups in total. The summed E-state index contributed by atoms with van der Waals surface area (Å²) >= 11 is -0.308. The van der Waals surface area contributed by atoms with Crippen LogP contribution in [0.25, 0.3) is 0 Å². The van der Waals surface area contributed by atoms with E-state index in [4.69, 9.17) is 9.47 Å². The molecule has 0 spiro atoms. The number of nitrogens with zero attached hydrogens (tertiary/aromatic N) is 2. The van der Waals surface area contributed by atoms with E-state index in [1.807, 2.05) is 0 Å². The quantitative estimate of drug-likeness (QED) is 0.0767. The van der Waals surface area contributed by atoms with Crippen LogP contribution in [0.2, 0.25) is 0 Å². The zero-order valence-corrected chi connectivity index (χ0v) is 35.2. The van der Waals surface area contributed by atoms with Gasteiger partial charge in [0.1, 0.15) is 0 Å². The summed E-state index contributed by atoms with van der Waals surface area (Å²) in [6, 6.07) is 35.2. The van der Waals surface area contributed by atoms with Crippen LogP contribution in [0.15, 0.2) is 144 Å². The molecule has 4 nitrogen and oxygen atoms in total. The summed E-state index contributed by atoms with van der Waals surface area (Å²) in [5, 5.41) is 0. The summed E-state index contributed by atoms with van der Waals surface area (Å²) in [6.45, 7) is 18.7. The molecule has 2 aliphatic heterocycles. The first kappa shape index (κ1) is 37.9. The minimum absolute atomic E-state index is 0.0830. The van der Waals surface area contributed by atoms with E-state index in [0.29, 0.717) is 0 Å². The third kappa shape index (κ3) is 7.49. The summed E-state index contributed by atoms with van der Waals surface area (Å²) in [6.07, 6.45) is 13.5. The van der Waals surface area contributed by atoms with Gasteiger partial charge in [0.2, 0.25) is 0 Å². The Labute approximate surface area is 333 Å². The van der Waals surface area contributed by atoms with Gasteiger partial charge in [-0.25, -0.2) is 0 Å². The second-order valence-electron chi connectivity index (χ2n) is 15.4. The van der Waals surface area contributed by atoms with Crippen LogP contribution < -0.4 is 35.6 Å². The van der Waals surface area contributed by atoms with Gasteiger partial charge in [0, 0.05) is 6.07 Å². The van der Waals surface area contributed by atoms with Crippen molar-refractivity contribution in [2.24, 2.45) is 0 Å². The molecule has 1 aliphatic carbocycles. The molecule has 0 bridgehead atoms. The number of unbranched alkanes of at least 4 members (excludes halogenated alkanes) is 1. The van der Waals surface area contributed by atoms with Crippen molar-refractivity contribution in [3.8, 4) is 11.5 Å². The molecule has 0 aromatic heterocycles. The molecule has 0 fully saturated rings. The van der Waals surface area contributed by atoms with E-state index in [0.717, 1.165) is 62.6 Å². The molecule has 0 saturated carbocycles. The number of likely N-dealkylation sites (N-methyl/N-ethyl adjacent to an activating group) is 1. The van der Waals surface area contributed by atoms with E-state index in [1.165, 1.54) is 52.2 Å². The summed E-state index contributed by atoms with van der Waals surface area (Å²) in [4.78, 5) is 2.47. The van der Waals surface area contributed by atoms with E-state index in [1.54, 1.807) is 0 Å². The fourth-order valence-electron chi connectivity index (χ4n) is 8.21. The number of halogens is 1. The molecule has 4 aromatic carbocycles. The number of allylic oxidation sites excluding steroid dienone is 7. The molecule has 0 radical (unpaired) electrons. The Bertz CT molecular complexity index is 2150. The number of hydrogen-bond acceptors (Lipinski definition) is 3. The second-order valence-corrected chi connectivity index (χ2v) is 18.4. The Morgan fingerprint density at radius 1 is 0.722 bits per heavy atom. The Kier molecular flexibility index (Phi) is 11.4. The third-order valence-electron chi connectivity index (χ3n) is 11.2. The van der Waals surface area contributed by atoms with Gasteiger partial charge in [-0.1, -0.05) is 36.4 Å². The molecule has 54 heavy (non-hydrogen) atoms. The fourth-order valence-corrected chi connectivity index (χ4v) is 10.4. The Balaban J connectivity index is 1.19. The first-order chi connectivity index (χ1) is 26.1. The van der Waals surface area contributed by atoms with Gasteiger partial charge in [-0.2, -0.15) is 0 Å². The van der Waals surface area contributed by atoms with Crippen molar-refractivity contribution in [3.63, 3.8) is 0 Å². The van der Waals surface area contributed by atoms with Gasteiger partial charge >= 0.3 is 273 Å². The Hall–Kier alpha value is -4.36. The third-order valence-corrected chi connectivity index (χ3v) is 13.9. The molecule has 0 unspecified atom stereocenters. The molecule has 3 aliphatic rings. The van der Waals surface area contributed by atoms with Crippen molar-refractivity contribution in [2.75, 3.05) is 24.6 Å². The van der Waals surface area contributed by atoms with Crippen LogP contribution in [-0.2, 0) is 10.8 Å². The minimum atomic E-state index is -0.308. The average molecular weight is 831 g/mol. The van der Waals surface area contributed by atoms with Gasteiger partial charge in [0.15, 0.2) is 0 Å². The SMILES string of the molecule is CCCCOc1ccc([I-]c2ccc(OC3=C(/C=C/C4=[N+](CC)c5ccccc5C4(C)C)CC/C3=C\C=C3\N(CC)c4ccccc4C3(C)C)cc2)cc1. The molecular formula is C49H55IN2O2. The molecule has 280 valence electrons. The molecule has 7 rings (SSSR count). The zero-order valence-electron chi connectivity index (χ0n) is 33.1.